The molecule has 0 heterocycles. The number of rotatable bonds is 2. The van der Waals surface area contributed by atoms with Gasteiger partial charge in [0.2, 0.25) is 0 Å². The zero-order chi connectivity index (χ0) is 11.6. The number of nitrogens with two attached hydrogens (primary N) is 2. The van der Waals surface area contributed by atoms with Crippen molar-refractivity contribution in [2.24, 2.45) is 5.73 Å². The summed E-state index contributed by atoms with van der Waals surface area (Å²) in [5.74, 6) is 0. The molecule has 0 saturated carbocycles. The molecule has 2 heteroatoms. The molecule has 0 bridgehead atoms. The van der Waals surface area contributed by atoms with E-state index in [9.17, 15) is 0 Å². The summed E-state index contributed by atoms with van der Waals surface area (Å²) in [6.45, 7) is 2.68. The van der Waals surface area contributed by atoms with E-state index in [0.29, 0.717) is 6.54 Å². The molecule has 1 aliphatic rings. The van der Waals surface area contributed by atoms with Crippen molar-refractivity contribution in [3.05, 3.63) is 53.6 Å². The Balaban J connectivity index is 2.57. The second-order valence-corrected chi connectivity index (χ2v) is 4.39. The van der Waals surface area contributed by atoms with Gasteiger partial charge in [0.1, 0.15) is 0 Å². The van der Waals surface area contributed by atoms with Gasteiger partial charge in [-0.15, -0.1) is 0 Å². The van der Waals surface area contributed by atoms with Crippen molar-refractivity contribution >= 4 is 5.69 Å². The van der Waals surface area contributed by atoms with Crippen LogP contribution in [-0.4, -0.2) is 6.54 Å². The van der Waals surface area contributed by atoms with E-state index >= 15 is 0 Å². The standard InChI is InChI=1S/C14H18N2/c1-11-6-5-7-12(16)13(11)14(10-15)8-3-2-4-9-14/h2-8H,9-10,15-16H2,1H3. The predicted molar refractivity (Wildman–Crippen MR) is 69.2 cm³/mol. The lowest BCUT2D eigenvalue weighted by molar-refractivity contribution is 0.549. The highest BCUT2D eigenvalue weighted by atomic mass is 14.6. The lowest BCUT2D eigenvalue weighted by Crippen LogP contribution is -2.35. The van der Waals surface area contributed by atoms with Crippen LogP contribution in [0.4, 0.5) is 5.69 Å². The van der Waals surface area contributed by atoms with Gasteiger partial charge in [0.25, 0.3) is 0 Å². The number of hydrogen-bond donors (Lipinski definition) is 2. The van der Waals surface area contributed by atoms with Crippen molar-refractivity contribution in [3.63, 3.8) is 0 Å². The van der Waals surface area contributed by atoms with E-state index in [-0.39, 0.29) is 5.41 Å². The molecule has 0 amide bonds. The van der Waals surface area contributed by atoms with Crippen LogP contribution in [0, 0.1) is 6.92 Å². The molecular formula is C14H18N2. The van der Waals surface area contributed by atoms with Crippen LogP contribution in [0.5, 0.6) is 0 Å². The van der Waals surface area contributed by atoms with Crippen LogP contribution in [0.25, 0.3) is 0 Å². The molecule has 1 atom stereocenters. The summed E-state index contributed by atoms with van der Waals surface area (Å²) in [6, 6.07) is 6.03. The Morgan fingerprint density at radius 2 is 2.12 bits per heavy atom. The molecule has 0 radical (unpaired) electrons. The molecule has 0 fully saturated rings. The maximum absolute atomic E-state index is 6.10. The topological polar surface area (TPSA) is 52.0 Å². The molecule has 1 aromatic rings. The van der Waals surface area contributed by atoms with E-state index in [1.165, 1.54) is 11.1 Å². The first-order chi connectivity index (χ1) is 7.69. The largest absolute Gasteiger partial charge is 0.398 e. The molecule has 0 aromatic heterocycles. The first-order valence-electron chi connectivity index (χ1n) is 5.59. The summed E-state index contributed by atoms with van der Waals surface area (Å²) in [4.78, 5) is 0. The van der Waals surface area contributed by atoms with Crippen molar-refractivity contribution in [1.29, 1.82) is 0 Å². The van der Waals surface area contributed by atoms with Gasteiger partial charge in [-0.05, 0) is 30.5 Å². The third-order valence-electron chi connectivity index (χ3n) is 3.31. The highest BCUT2D eigenvalue weighted by Gasteiger charge is 2.30. The average molecular weight is 214 g/mol. The van der Waals surface area contributed by atoms with Crippen LogP contribution in [0.15, 0.2) is 42.5 Å². The quantitative estimate of drug-likeness (QED) is 0.742. The van der Waals surface area contributed by atoms with Crippen LogP contribution < -0.4 is 11.5 Å². The van der Waals surface area contributed by atoms with E-state index in [0.717, 1.165) is 12.1 Å². The monoisotopic (exact) mass is 214 g/mol. The Kier molecular flexibility index (Phi) is 2.84. The number of hydrogen-bond acceptors (Lipinski definition) is 2. The lowest BCUT2D eigenvalue weighted by atomic mass is 9.73. The molecule has 1 unspecified atom stereocenters. The molecule has 0 aliphatic heterocycles. The molecule has 0 saturated heterocycles. The fraction of sp³-hybridized carbons (Fsp3) is 0.286. The number of aryl methyl sites for hydroxylation is 1. The van der Waals surface area contributed by atoms with Crippen LogP contribution in [-0.2, 0) is 5.41 Å². The van der Waals surface area contributed by atoms with Gasteiger partial charge in [0, 0.05) is 17.6 Å². The SMILES string of the molecule is Cc1cccc(N)c1C1(CN)C=CC=CC1. The zero-order valence-electron chi connectivity index (χ0n) is 9.61. The van der Waals surface area contributed by atoms with Crippen molar-refractivity contribution in [1.82, 2.24) is 0 Å². The highest BCUT2D eigenvalue weighted by molar-refractivity contribution is 5.57. The summed E-state index contributed by atoms with van der Waals surface area (Å²) in [5.41, 5.74) is 15.2. The fourth-order valence-electron chi connectivity index (χ4n) is 2.47. The molecule has 1 aromatic carbocycles. The molecule has 84 valence electrons. The van der Waals surface area contributed by atoms with Crippen LogP contribution in [0.3, 0.4) is 0 Å². The third kappa shape index (κ3) is 1.65. The van der Waals surface area contributed by atoms with Gasteiger partial charge in [-0.25, -0.2) is 0 Å². The minimum Gasteiger partial charge on any atom is -0.398 e. The first kappa shape index (κ1) is 11.0. The summed E-state index contributed by atoms with van der Waals surface area (Å²) >= 11 is 0. The lowest BCUT2D eigenvalue weighted by Gasteiger charge is -2.33. The number of benzene rings is 1. The molecule has 4 N–H and O–H groups in total. The second-order valence-electron chi connectivity index (χ2n) is 4.39. The molecular weight excluding hydrogens is 196 g/mol. The zero-order valence-corrected chi connectivity index (χ0v) is 9.61. The van der Waals surface area contributed by atoms with Crippen molar-refractivity contribution < 1.29 is 0 Å². The van der Waals surface area contributed by atoms with Crippen LogP contribution >= 0.6 is 0 Å². The molecule has 2 rings (SSSR count). The Morgan fingerprint density at radius 1 is 1.31 bits per heavy atom. The molecule has 2 nitrogen and oxygen atoms in total. The Hall–Kier alpha value is -1.54. The fourth-order valence-corrected chi connectivity index (χ4v) is 2.47. The van der Waals surface area contributed by atoms with Crippen LogP contribution in [0.1, 0.15) is 17.5 Å². The summed E-state index contributed by atoms with van der Waals surface area (Å²) < 4.78 is 0. The molecule has 0 spiro atoms. The van der Waals surface area contributed by atoms with E-state index < -0.39 is 0 Å². The Bertz CT molecular complexity index is 426. The number of anilines is 1. The Morgan fingerprint density at radius 3 is 2.69 bits per heavy atom. The third-order valence-corrected chi connectivity index (χ3v) is 3.31. The highest BCUT2D eigenvalue weighted by Crippen LogP contribution is 2.37. The summed E-state index contributed by atoms with van der Waals surface area (Å²) in [5, 5.41) is 0. The number of nitrogen functional groups attached to an aromatic ring is 1. The molecule has 16 heavy (non-hydrogen) atoms. The average Bonchev–Trinajstić information content (AvgIpc) is 2.30. The van der Waals surface area contributed by atoms with E-state index in [1.54, 1.807) is 0 Å². The van der Waals surface area contributed by atoms with Crippen molar-refractivity contribution in [2.75, 3.05) is 12.3 Å². The normalized spacial score (nSPS) is 23.6. The van der Waals surface area contributed by atoms with Gasteiger partial charge < -0.3 is 11.5 Å². The minimum atomic E-state index is -0.121. The maximum Gasteiger partial charge on any atom is 0.0358 e. The van der Waals surface area contributed by atoms with Crippen molar-refractivity contribution in [3.8, 4) is 0 Å². The van der Waals surface area contributed by atoms with Gasteiger partial charge in [-0.1, -0.05) is 36.4 Å². The maximum atomic E-state index is 6.10. The number of allylic oxidation sites excluding steroid dienone is 3. The second kappa shape index (κ2) is 4.14. The van der Waals surface area contributed by atoms with Gasteiger partial charge >= 0.3 is 0 Å². The van der Waals surface area contributed by atoms with E-state index in [4.69, 9.17) is 11.5 Å². The van der Waals surface area contributed by atoms with Gasteiger partial charge in [0.15, 0.2) is 0 Å². The van der Waals surface area contributed by atoms with E-state index in [2.05, 4.69) is 37.3 Å². The van der Waals surface area contributed by atoms with Gasteiger partial charge in [-0.2, -0.15) is 0 Å². The summed E-state index contributed by atoms with van der Waals surface area (Å²) in [6.07, 6.45) is 9.37. The Labute approximate surface area is 96.6 Å². The van der Waals surface area contributed by atoms with Gasteiger partial charge in [0.05, 0.1) is 0 Å². The predicted octanol–water partition coefficient (Wildman–Crippen LogP) is 2.29. The van der Waals surface area contributed by atoms with Gasteiger partial charge in [-0.3, -0.25) is 0 Å². The minimum absolute atomic E-state index is 0.121. The van der Waals surface area contributed by atoms with Crippen LogP contribution in [0.2, 0.25) is 0 Å². The first-order valence-corrected chi connectivity index (χ1v) is 5.59. The van der Waals surface area contributed by atoms with E-state index in [1.807, 2.05) is 12.1 Å². The van der Waals surface area contributed by atoms with Crippen molar-refractivity contribution in [2.45, 2.75) is 18.8 Å². The smallest absolute Gasteiger partial charge is 0.0358 e. The summed E-state index contributed by atoms with van der Waals surface area (Å²) in [7, 11) is 0. The molecule has 1 aliphatic carbocycles.